The molecule has 1 fully saturated rings. The Morgan fingerprint density at radius 1 is 1.39 bits per heavy atom. The Morgan fingerprint density at radius 3 is 2.75 bits per heavy atom. The maximum absolute atomic E-state index is 12.7. The number of likely N-dealkylation sites (tertiary alicyclic amines) is 1. The van der Waals surface area contributed by atoms with Crippen LogP contribution in [0.25, 0.3) is 0 Å². The molecule has 0 spiro atoms. The van der Waals surface area contributed by atoms with Crippen molar-refractivity contribution in [1.29, 1.82) is 0 Å². The first-order valence-corrected chi connectivity index (χ1v) is 9.92. The standard InChI is InChI=1S/C21H33N3O4/c1-15(19(25)23-12-10-16-8-6-11-22-14-16)18(27-5)17-9-7-13-24(17)20(26)28-21(2,3)4/h6,8,11,14-15,17-18H,7,9-10,12-13H2,1-5H3,(H,23,25)/t15-,17+,18-/m1/s1. The van der Waals surface area contributed by atoms with Gasteiger partial charge in [0.2, 0.25) is 5.91 Å². The van der Waals surface area contributed by atoms with E-state index in [0.29, 0.717) is 13.1 Å². The fourth-order valence-corrected chi connectivity index (χ4v) is 3.56. The van der Waals surface area contributed by atoms with E-state index in [4.69, 9.17) is 9.47 Å². The highest BCUT2D eigenvalue weighted by molar-refractivity contribution is 5.79. The SMILES string of the molecule is CO[C@H]([C@@H](C)C(=O)NCCc1cccnc1)[C@@H]1CCCN1C(=O)OC(C)(C)C. The molecule has 1 aromatic rings. The number of rotatable bonds is 7. The van der Waals surface area contributed by atoms with Crippen LogP contribution in [-0.4, -0.2) is 59.8 Å². The van der Waals surface area contributed by atoms with Crippen LogP contribution in [0.3, 0.4) is 0 Å². The van der Waals surface area contributed by atoms with Crippen LogP contribution in [0.4, 0.5) is 4.79 Å². The van der Waals surface area contributed by atoms with E-state index in [0.717, 1.165) is 24.8 Å². The number of carbonyl (C=O) groups excluding carboxylic acids is 2. The molecule has 2 heterocycles. The highest BCUT2D eigenvalue weighted by Crippen LogP contribution is 2.28. The van der Waals surface area contributed by atoms with Gasteiger partial charge in [-0.2, -0.15) is 0 Å². The number of nitrogens with zero attached hydrogens (tertiary/aromatic N) is 2. The lowest BCUT2D eigenvalue weighted by Crippen LogP contribution is -2.50. The minimum atomic E-state index is -0.553. The number of carbonyl (C=O) groups is 2. The van der Waals surface area contributed by atoms with Crippen molar-refractivity contribution >= 4 is 12.0 Å². The third-order valence-corrected chi connectivity index (χ3v) is 4.92. The molecule has 0 bridgehead atoms. The van der Waals surface area contributed by atoms with Gasteiger partial charge in [0, 0.05) is 32.6 Å². The third-order valence-electron chi connectivity index (χ3n) is 4.92. The predicted molar refractivity (Wildman–Crippen MR) is 107 cm³/mol. The fraction of sp³-hybridized carbons (Fsp3) is 0.667. The summed E-state index contributed by atoms with van der Waals surface area (Å²) in [6.07, 6.45) is 5.19. The molecule has 0 aromatic carbocycles. The van der Waals surface area contributed by atoms with Gasteiger partial charge in [0.25, 0.3) is 0 Å². The number of methoxy groups -OCH3 is 1. The van der Waals surface area contributed by atoms with E-state index in [1.807, 2.05) is 39.8 Å². The number of amides is 2. The summed E-state index contributed by atoms with van der Waals surface area (Å²) in [7, 11) is 1.59. The van der Waals surface area contributed by atoms with Gasteiger partial charge in [-0.05, 0) is 51.7 Å². The van der Waals surface area contributed by atoms with Gasteiger partial charge in [-0.15, -0.1) is 0 Å². The molecule has 7 nitrogen and oxygen atoms in total. The summed E-state index contributed by atoms with van der Waals surface area (Å²) in [5, 5.41) is 2.97. The fourth-order valence-electron chi connectivity index (χ4n) is 3.56. The third kappa shape index (κ3) is 6.19. The molecule has 3 atom stereocenters. The second-order valence-corrected chi connectivity index (χ2v) is 8.27. The largest absolute Gasteiger partial charge is 0.444 e. The second kappa shape index (κ2) is 9.87. The lowest BCUT2D eigenvalue weighted by atomic mass is 9.95. The molecule has 2 amide bonds. The van der Waals surface area contributed by atoms with Gasteiger partial charge in [-0.25, -0.2) is 4.79 Å². The predicted octanol–water partition coefficient (Wildman–Crippen LogP) is 2.79. The Kier molecular flexibility index (Phi) is 7.80. The molecule has 0 saturated carbocycles. The van der Waals surface area contributed by atoms with E-state index >= 15 is 0 Å². The average molecular weight is 392 g/mol. The smallest absolute Gasteiger partial charge is 0.410 e. The number of hydrogen-bond acceptors (Lipinski definition) is 5. The summed E-state index contributed by atoms with van der Waals surface area (Å²) in [4.78, 5) is 31.0. The van der Waals surface area contributed by atoms with Gasteiger partial charge in [0.1, 0.15) is 5.60 Å². The molecule has 1 saturated heterocycles. The Balaban J connectivity index is 1.94. The summed E-state index contributed by atoms with van der Waals surface area (Å²) < 4.78 is 11.2. The van der Waals surface area contributed by atoms with Crippen molar-refractivity contribution in [1.82, 2.24) is 15.2 Å². The Labute approximate surface area is 167 Å². The van der Waals surface area contributed by atoms with E-state index in [-0.39, 0.29) is 30.1 Å². The van der Waals surface area contributed by atoms with E-state index < -0.39 is 5.60 Å². The number of nitrogens with one attached hydrogen (secondary N) is 1. The number of hydrogen-bond donors (Lipinski definition) is 1. The highest BCUT2D eigenvalue weighted by Gasteiger charge is 2.41. The first kappa shape index (κ1) is 22.1. The topological polar surface area (TPSA) is 80.8 Å². The van der Waals surface area contributed by atoms with Crippen LogP contribution in [0.5, 0.6) is 0 Å². The molecule has 0 unspecified atom stereocenters. The molecule has 0 aliphatic carbocycles. The maximum Gasteiger partial charge on any atom is 0.410 e. The lowest BCUT2D eigenvalue weighted by molar-refractivity contribution is -0.130. The molecular weight excluding hydrogens is 358 g/mol. The quantitative estimate of drug-likeness (QED) is 0.773. The van der Waals surface area contributed by atoms with Gasteiger partial charge in [-0.1, -0.05) is 13.0 Å². The molecule has 1 N–H and O–H groups in total. The van der Waals surface area contributed by atoms with Gasteiger partial charge in [0.15, 0.2) is 0 Å². The average Bonchev–Trinajstić information content (AvgIpc) is 3.11. The Bertz CT molecular complexity index is 645. The molecule has 1 aromatic heterocycles. The molecule has 1 aliphatic heterocycles. The summed E-state index contributed by atoms with van der Waals surface area (Å²) in [6.45, 7) is 8.55. The number of aromatic nitrogens is 1. The Hall–Kier alpha value is -2.15. The highest BCUT2D eigenvalue weighted by atomic mass is 16.6. The first-order chi connectivity index (χ1) is 13.2. The van der Waals surface area contributed by atoms with Gasteiger partial charge >= 0.3 is 6.09 Å². The monoisotopic (exact) mass is 391 g/mol. The van der Waals surface area contributed by atoms with Crippen LogP contribution in [-0.2, 0) is 20.7 Å². The van der Waals surface area contributed by atoms with Crippen molar-refractivity contribution in [2.75, 3.05) is 20.2 Å². The molecule has 1 aliphatic rings. The zero-order chi connectivity index (χ0) is 20.7. The van der Waals surface area contributed by atoms with Crippen LogP contribution < -0.4 is 5.32 Å². The van der Waals surface area contributed by atoms with E-state index in [1.54, 1.807) is 24.4 Å². The summed E-state index contributed by atoms with van der Waals surface area (Å²) in [5.74, 6) is -0.460. The van der Waals surface area contributed by atoms with Crippen molar-refractivity contribution < 1.29 is 19.1 Å². The van der Waals surface area contributed by atoms with Crippen LogP contribution in [0.1, 0.15) is 46.1 Å². The maximum atomic E-state index is 12.7. The normalized spacial score (nSPS) is 19.2. The molecule has 156 valence electrons. The van der Waals surface area contributed by atoms with Crippen LogP contribution in [0, 0.1) is 5.92 Å². The molecular formula is C21H33N3O4. The van der Waals surface area contributed by atoms with Crippen molar-refractivity contribution in [2.45, 2.75) is 64.7 Å². The zero-order valence-electron chi connectivity index (χ0n) is 17.6. The van der Waals surface area contributed by atoms with Gasteiger partial charge in [-0.3, -0.25) is 9.78 Å². The van der Waals surface area contributed by atoms with E-state index in [1.165, 1.54) is 0 Å². The summed E-state index contributed by atoms with van der Waals surface area (Å²) in [6, 6.07) is 3.70. The lowest BCUT2D eigenvalue weighted by Gasteiger charge is -2.34. The van der Waals surface area contributed by atoms with Crippen LogP contribution in [0.15, 0.2) is 24.5 Å². The van der Waals surface area contributed by atoms with Crippen LogP contribution in [0.2, 0.25) is 0 Å². The summed E-state index contributed by atoms with van der Waals surface area (Å²) >= 11 is 0. The minimum Gasteiger partial charge on any atom is -0.444 e. The zero-order valence-corrected chi connectivity index (χ0v) is 17.6. The molecule has 0 radical (unpaired) electrons. The van der Waals surface area contributed by atoms with Crippen molar-refractivity contribution in [2.24, 2.45) is 5.92 Å². The van der Waals surface area contributed by atoms with Crippen molar-refractivity contribution in [3.63, 3.8) is 0 Å². The second-order valence-electron chi connectivity index (χ2n) is 8.27. The molecule has 28 heavy (non-hydrogen) atoms. The van der Waals surface area contributed by atoms with Gasteiger partial charge in [0.05, 0.1) is 18.1 Å². The summed E-state index contributed by atoms with van der Waals surface area (Å²) in [5.41, 5.74) is 0.521. The number of pyridine rings is 1. The Morgan fingerprint density at radius 2 is 2.14 bits per heavy atom. The molecule has 2 rings (SSSR count). The van der Waals surface area contributed by atoms with Crippen molar-refractivity contribution in [3.05, 3.63) is 30.1 Å². The van der Waals surface area contributed by atoms with Gasteiger partial charge < -0.3 is 19.7 Å². The molecule has 7 heteroatoms. The minimum absolute atomic E-state index is 0.0771. The van der Waals surface area contributed by atoms with E-state index in [9.17, 15) is 9.59 Å². The van der Waals surface area contributed by atoms with Crippen LogP contribution >= 0.6 is 0 Å². The first-order valence-electron chi connectivity index (χ1n) is 9.92. The van der Waals surface area contributed by atoms with E-state index in [2.05, 4.69) is 10.3 Å². The number of ether oxygens (including phenoxy) is 2. The van der Waals surface area contributed by atoms with Crippen molar-refractivity contribution in [3.8, 4) is 0 Å².